The van der Waals surface area contributed by atoms with E-state index in [4.69, 9.17) is 0 Å². The lowest BCUT2D eigenvalue weighted by Crippen LogP contribution is -2.29. The first-order chi connectivity index (χ1) is 11.2. The van der Waals surface area contributed by atoms with E-state index in [1.807, 2.05) is 24.3 Å². The molecule has 0 aromatic heterocycles. The first kappa shape index (κ1) is 18.3. The van der Waals surface area contributed by atoms with Crippen LogP contribution in [-0.2, 0) is 0 Å². The predicted molar refractivity (Wildman–Crippen MR) is 102 cm³/mol. The standard InChI is InChI=1S/C22H20BrF/c1-21(2,14-12-17-8-10-20(24)11-9-17)22(3,4)15-13-18-6-5-7-19(23)16-18/h5-11,16H,1-4H3. The van der Waals surface area contributed by atoms with Gasteiger partial charge >= 0.3 is 0 Å². The van der Waals surface area contributed by atoms with E-state index in [0.29, 0.717) is 0 Å². The smallest absolute Gasteiger partial charge is 0.123 e. The fraction of sp³-hybridized carbons (Fsp3) is 0.273. The second kappa shape index (κ2) is 7.25. The lowest BCUT2D eigenvalue weighted by Gasteiger charge is -2.33. The van der Waals surface area contributed by atoms with Crippen LogP contribution in [0.2, 0.25) is 0 Å². The number of rotatable bonds is 1. The number of hydrogen-bond donors (Lipinski definition) is 0. The van der Waals surface area contributed by atoms with E-state index in [9.17, 15) is 4.39 Å². The highest BCUT2D eigenvalue weighted by Gasteiger charge is 2.34. The van der Waals surface area contributed by atoms with Crippen molar-refractivity contribution in [3.05, 3.63) is 69.9 Å². The summed E-state index contributed by atoms with van der Waals surface area (Å²) in [6.07, 6.45) is 0. The number of hydrogen-bond acceptors (Lipinski definition) is 0. The van der Waals surface area contributed by atoms with Crippen LogP contribution in [0.3, 0.4) is 0 Å². The van der Waals surface area contributed by atoms with Gasteiger partial charge < -0.3 is 0 Å². The van der Waals surface area contributed by atoms with E-state index >= 15 is 0 Å². The van der Waals surface area contributed by atoms with Crippen molar-refractivity contribution in [3.8, 4) is 23.7 Å². The van der Waals surface area contributed by atoms with Crippen molar-refractivity contribution in [1.82, 2.24) is 0 Å². The van der Waals surface area contributed by atoms with Gasteiger partial charge in [-0.15, -0.1) is 0 Å². The van der Waals surface area contributed by atoms with Gasteiger partial charge in [-0.05, 0) is 70.2 Å². The molecule has 0 heterocycles. The molecular weight excluding hydrogens is 363 g/mol. The van der Waals surface area contributed by atoms with Crippen LogP contribution < -0.4 is 0 Å². The molecule has 0 radical (unpaired) electrons. The average molecular weight is 383 g/mol. The summed E-state index contributed by atoms with van der Waals surface area (Å²) in [7, 11) is 0. The molecule has 2 heteroatoms. The van der Waals surface area contributed by atoms with E-state index in [1.54, 1.807) is 12.1 Å². The van der Waals surface area contributed by atoms with Gasteiger partial charge in [-0.3, -0.25) is 0 Å². The maximum absolute atomic E-state index is 13.0. The van der Waals surface area contributed by atoms with Crippen LogP contribution in [-0.4, -0.2) is 0 Å². The Morgan fingerprint density at radius 3 is 1.88 bits per heavy atom. The van der Waals surface area contributed by atoms with E-state index in [1.165, 1.54) is 12.1 Å². The molecule has 0 unspecified atom stereocenters. The summed E-state index contributed by atoms with van der Waals surface area (Å²) in [6, 6.07) is 14.2. The highest BCUT2D eigenvalue weighted by atomic mass is 79.9. The average Bonchev–Trinajstić information content (AvgIpc) is 2.52. The molecular formula is C22H20BrF. The summed E-state index contributed by atoms with van der Waals surface area (Å²) in [5, 5.41) is 0. The van der Waals surface area contributed by atoms with Crippen LogP contribution in [0.5, 0.6) is 0 Å². The zero-order valence-corrected chi connectivity index (χ0v) is 16.0. The molecule has 2 aromatic carbocycles. The summed E-state index contributed by atoms with van der Waals surface area (Å²) in [4.78, 5) is 0. The Morgan fingerprint density at radius 2 is 1.33 bits per heavy atom. The Labute approximate surface area is 152 Å². The molecule has 0 saturated heterocycles. The van der Waals surface area contributed by atoms with Gasteiger partial charge in [0.2, 0.25) is 0 Å². The molecule has 0 N–H and O–H groups in total. The lowest BCUT2D eigenvalue weighted by molar-refractivity contribution is 0.260. The zero-order chi connectivity index (χ0) is 17.8. The van der Waals surface area contributed by atoms with Crippen molar-refractivity contribution in [2.75, 3.05) is 0 Å². The molecule has 0 aliphatic rings. The van der Waals surface area contributed by atoms with Gasteiger partial charge in [0.1, 0.15) is 5.82 Å². The molecule has 0 nitrogen and oxygen atoms in total. The minimum atomic E-state index is -0.319. The lowest BCUT2D eigenvalue weighted by atomic mass is 9.68. The minimum absolute atomic E-state index is 0.250. The van der Waals surface area contributed by atoms with E-state index in [0.717, 1.165) is 15.6 Å². The maximum Gasteiger partial charge on any atom is 0.123 e. The van der Waals surface area contributed by atoms with Gasteiger partial charge in [0, 0.05) is 26.4 Å². The monoisotopic (exact) mass is 382 g/mol. The Balaban J connectivity index is 2.25. The molecule has 0 saturated carbocycles. The van der Waals surface area contributed by atoms with Crippen LogP contribution >= 0.6 is 15.9 Å². The largest absolute Gasteiger partial charge is 0.207 e. The Morgan fingerprint density at radius 1 is 0.792 bits per heavy atom. The molecule has 0 aliphatic heterocycles. The fourth-order valence-corrected chi connectivity index (χ4v) is 2.27. The maximum atomic E-state index is 13.0. The molecule has 2 rings (SSSR count). The van der Waals surface area contributed by atoms with Crippen molar-refractivity contribution in [1.29, 1.82) is 0 Å². The Hall–Kier alpha value is -2.03. The van der Waals surface area contributed by atoms with Crippen molar-refractivity contribution in [2.45, 2.75) is 27.7 Å². The summed E-state index contributed by atoms with van der Waals surface area (Å²) in [5.74, 6) is 12.8. The molecule has 0 aliphatic carbocycles. The van der Waals surface area contributed by atoms with Crippen molar-refractivity contribution < 1.29 is 4.39 Å². The number of halogens is 2. The molecule has 0 atom stereocenters. The third-order valence-electron chi connectivity index (χ3n) is 4.27. The molecule has 0 spiro atoms. The van der Waals surface area contributed by atoms with Crippen LogP contribution in [0.25, 0.3) is 0 Å². The quantitative estimate of drug-likeness (QED) is 0.527. The van der Waals surface area contributed by atoms with Gasteiger partial charge in [0.05, 0.1) is 0 Å². The molecule has 0 bridgehead atoms. The van der Waals surface area contributed by atoms with Gasteiger partial charge in [-0.2, -0.15) is 0 Å². The van der Waals surface area contributed by atoms with Crippen LogP contribution in [0.15, 0.2) is 53.0 Å². The second-order valence-corrected chi connectivity index (χ2v) is 7.68. The van der Waals surface area contributed by atoms with Gasteiger partial charge in [0.25, 0.3) is 0 Å². The number of benzene rings is 2. The molecule has 2 aromatic rings. The first-order valence-electron chi connectivity index (χ1n) is 7.77. The molecule has 0 fully saturated rings. The Kier molecular flexibility index (Phi) is 5.53. The van der Waals surface area contributed by atoms with E-state index in [2.05, 4.69) is 67.3 Å². The van der Waals surface area contributed by atoms with Crippen LogP contribution in [0, 0.1) is 40.3 Å². The second-order valence-electron chi connectivity index (χ2n) is 6.77. The highest BCUT2D eigenvalue weighted by Crippen LogP contribution is 2.37. The van der Waals surface area contributed by atoms with Crippen LogP contribution in [0.4, 0.5) is 4.39 Å². The molecule has 0 amide bonds. The summed E-state index contributed by atoms with van der Waals surface area (Å²) >= 11 is 3.46. The predicted octanol–water partition coefficient (Wildman–Crippen LogP) is 6.04. The van der Waals surface area contributed by atoms with E-state index < -0.39 is 0 Å². The topological polar surface area (TPSA) is 0 Å². The highest BCUT2D eigenvalue weighted by molar-refractivity contribution is 9.10. The minimum Gasteiger partial charge on any atom is -0.207 e. The first-order valence-corrected chi connectivity index (χ1v) is 8.56. The molecule has 24 heavy (non-hydrogen) atoms. The normalized spacial score (nSPS) is 11.1. The fourth-order valence-electron chi connectivity index (χ4n) is 1.87. The third kappa shape index (κ3) is 4.73. The third-order valence-corrected chi connectivity index (χ3v) is 4.76. The summed E-state index contributed by atoms with van der Waals surface area (Å²) in [5.41, 5.74) is 1.16. The van der Waals surface area contributed by atoms with Crippen molar-refractivity contribution in [2.24, 2.45) is 10.8 Å². The summed E-state index contributed by atoms with van der Waals surface area (Å²) in [6.45, 7) is 8.35. The SMILES string of the molecule is CC(C)(C#Cc1ccc(F)cc1)C(C)(C)C#Cc1cccc(Br)c1. The van der Waals surface area contributed by atoms with Crippen molar-refractivity contribution in [3.63, 3.8) is 0 Å². The van der Waals surface area contributed by atoms with E-state index in [-0.39, 0.29) is 16.6 Å². The van der Waals surface area contributed by atoms with Gasteiger partial charge in [-0.1, -0.05) is 45.7 Å². The molecule has 122 valence electrons. The summed E-state index contributed by atoms with van der Waals surface area (Å²) < 4.78 is 14.0. The van der Waals surface area contributed by atoms with Gasteiger partial charge in [0.15, 0.2) is 0 Å². The van der Waals surface area contributed by atoms with Crippen LogP contribution in [0.1, 0.15) is 38.8 Å². The Bertz CT molecular complexity index is 837. The zero-order valence-electron chi connectivity index (χ0n) is 14.4. The van der Waals surface area contributed by atoms with Gasteiger partial charge in [-0.25, -0.2) is 4.39 Å². The van der Waals surface area contributed by atoms with Crippen molar-refractivity contribution >= 4 is 15.9 Å².